The third-order valence-electron chi connectivity index (χ3n) is 1.94. The molecule has 0 saturated carbocycles. The van der Waals surface area contributed by atoms with Crippen LogP contribution in [0.25, 0.3) is 11.3 Å². The lowest BCUT2D eigenvalue weighted by Crippen LogP contribution is -1.86. The Morgan fingerprint density at radius 2 is 2.00 bits per heavy atom. The first-order valence-corrected chi connectivity index (χ1v) is 4.95. The van der Waals surface area contributed by atoms with Crippen LogP contribution < -0.4 is 4.74 Å². The topological polar surface area (TPSA) is 58.8 Å². The van der Waals surface area contributed by atoms with Gasteiger partial charge >= 0.3 is 0 Å². The molecule has 0 fully saturated rings. The Balaban J connectivity index is 2.42. The van der Waals surface area contributed by atoms with Gasteiger partial charge in [-0.2, -0.15) is 9.64 Å². The molecule has 2 aromatic rings. The van der Waals surface area contributed by atoms with E-state index in [0.29, 0.717) is 17.1 Å². The summed E-state index contributed by atoms with van der Waals surface area (Å²) in [5, 5.41) is 8.66. The highest BCUT2D eigenvalue weighted by Gasteiger charge is 2.10. The van der Waals surface area contributed by atoms with Crippen LogP contribution in [0.1, 0.15) is 5.56 Å². The maximum atomic E-state index is 8.66. The molecule has 0 amide bonds. The van der Waals surface area contributed by atoms with Crippen LogP contribution in [-0.4, -0.2) is 15.9 Å². The van der Waals surface area contributed by atoms with Crippen molar-refractivity contribution in [1.29, 1.82) is 5.26 Å². The Morgan fingerprint density at radius 1 is 1.27 bits per heavy atom. The second-order valence-corrected chi connectivity index (χ2v) is 3.34. The first-order chi connectivity index (χ1) is 7.35. The first-order valence-electron chi connectivity index (χ1n) is 4.22. The zero-order chi connectivity index (χ0) is 10.7. The molecule has 0 saturated heterocycles. The molecule has 0 aliphatic carbocycles. The number of rotatable bonds is 2. The van der Waals surface area contributed by atoms with Crippen molar-refractivity contribution >= 4 is 11.7 Å². The normalized spacial score (nSPS) is 9.60. The van der Waals surface area contributed by atoms with E-state index in [0.717, 1.165) is 17.3 Å². The van der Waals surface area contributed by atoms with E-state index in [2.05, 4.69) is 14.8 Å². The predicted molar refractivity (Wildman–Crippen MR) is 56.6 cm³/mol. The molecule has 0 N–H and O–H groups in total. The fourth-order valence-corrected chi connectivity index (χ4v) is 1.73. The van der Waals surface area contributed by atoms with Crippen LogP contribution >= 0.6 is 11.7 Å². The van der Waals surface area contributed by atoms with Gasteiger partial charge in [-0.3, -0.25) is 0 Å². The van der Waals surface area contributed by atoms with E-state index < -0.39 is 0 Å². The molecule has 2 rings (SSSR count). The largest absolute Gasteiger partial charge is 0.479 e. The van der Waals surface area contributed by atoms with E-state index in [4.69, 9.17) is 10.00 Å². The summed E-state index contributed by atoms with van der Waals surface area (Å²) < 4.78 is 13.2. The lowest BCUT2D eigenvalue weighted by Gasteiger charge is -1.99. The highest BCUT2D eigenvalue weighted by Crippen LogP contribution is 2.27. The summed E-state index contributed by atoms with van der Waals surface area (Å²) in [6.07, 6.45) is 0. The van der Waals surface area contributed by atoms with Crippen molar-refractivity contribution in [2.75, 3.05) is 7.11 Å². The first kappa shape index (κ1) is 9.62. The standard InChI is InChI=1S/C10H7N3OS/c1-14-10-9(12-15-13-10)8-4-2-7(6-11)3-5-8/h2-5H,1H3. The number of aromatic nitrogens is 2. The summed E-state index contributed by atoms with van der Waals surface area (Å²) in [5.74, 6) is 0.518. The Labute approximate surface area is 91.1 Å². The van der Waals surface area contributed by atoms with Crippen LogP contribution in [0.5, 0.6) is 5.88 Å². The minimum absolute atomic E-state index is 0.518. The van der Waals surface area contributed by atoms with Crippen LogP contribution in [0.2, 0.25) is 0 Å². The minimum atomic E-state index is 0.518. The molecule has 15 heavy (non-hydrogen) atoms. The second-order valence-electron chi connectivity index (χ2n) is 2.81. The van der Waals surface area contributed by atoms with Gasteiger partial charge in [-0.15, -0.1) is 4.37 Å². The summed E-state index contributed by atoms with van der Waals surface area (Å²) in [5.41, 5.74) is 2.24. The molecule has 0 aliphatic heterocycles. The third kappa shape index (κ3) is 1.80. The van der Waals surface area contributed by atoms with Crippen molar-refractivity contribution in [2.24, 2.45) is 0 Å². The maximum absolute atomic E-state index is 8.66. The molecule has 1 aromatic heterocycles. The van der Waals surface area contributed by atoms with Gasteiger partial charge in [-0.25, -0.2) is 0 Å². The Morgan fingerprint density at radius 3 is 2.60 bits per heavy atom. The van der Waals surface area contributed by atoms with Gasteiger partial charge in [0.25, 0.3) is 5.88 Å². The number of nitrogens with zero attached hydrogens (tertiary/aromatic N) is 3. The van der Waals surface area contributed by atoms with Gasteiger partial charge in [0.2, 0.25) is 0 Å². The van der Waals surface area contributed by atoms with Crippen LogP contribution in [0.4, 0.5) is 0 Å². The van der Waals surface area contributed by atoms with Gasteiger partial charge < -0.3 is 4.74 Å². The Kier molecular flexibility index (Phi) is 2.61. The summed E-state index contributed by atoms with van der Waals surface area (Å²) >= 11 is 1.11. The number of hydrogen-bond donors (Lipinski definition) is 0. The zero-order valence-electron chi connectivity index (χ0n) is 7.97. The lowest BCUT2D eigenvalue weighted by atomic mass is 10.1. The second kappa shape index (κ2) is 4.07. The summed E-state index contributed by atoms with van der Waals surface area (Å²) in [4.78, 5) is 0. The number of benzene rings is 1. The van der Waals surface area contributed by atoms with Gasteiger partial charge in [0.05, 0.1) is 30.5 Å². The van der Waals surface area contributed by atoms with Crippen LogP contribution in [0.15, 0.2) is 24.3 Å². The quantitative estimate of drug-likeness (QED) is 0.772. The molecular weight excluding hydrogens is 210 g/mol. The van der Waals surface area contributed by atoms with E-state index in [1.165, 1.54) is 0 Å². The highest BCUT2D eigenvalue weighted by molar-refractivity contribution is 6.99. The molecule has 1 aromatic carbocycles. The molecule has 0 spiro atoms. The van der Waals surface area contributed by atoms with Crippen LogP contribution in [0.3, 0.4) is 0 Å². The molecule has 0 aliphatic rings. The van der Waals surface area contributed by atoms with Gasteiger partial charge in [0, 0.05) is 5.56 Å². The van der Waals surface area contributed by atoms with E-state index >= 15 is 0 Å². The fourth-order valence-electron chi connectivity index (χ4n) is 1.19. The highest BCUT2D eigenvalue weighted by atomic mass is 32.1. The van der Waals surface area contributed by atoms with Crippen molar-refractivity contribution in [3.05, 3.63) is 29.8 Å². The molecule has 0 atom stereocenters. The average molecular weight is 217 g/mol. The van der Waals surface area contributed by atoms with Crippen molar-refractivity contribution < 1.29 is 4.74 Å². The Hall–Kier alpha value is -1.93. The molecule has 4 nitrogen and oxygen atoms in total. The van der Waals surface area contributed by atoms with Crippen LogP contribution in [-0.2, 0) is 0 Å². The minimum Gasteiger partial charge on any atom is -0.479 e. The third-order valence-corrected chi connectivity index (χ3v) is 2.45. The molecule has 1 heterocycles. The van der Waals surface area contributed by atoms with E-state index in [1.54, 1.807) is 19.2 Å². The predicted octanol–water partition coefficient (Wildman–Crippen LogP) is 2.09. The average Bonchev–Trinajstić information content (AvgIpc) is 2.77. The van der Waals surface area contributed by atoms with Gasteiger partial charge in [0.1, 0.15) is 5.69 Å². The lowest BCUT2D eigenvalue weighted by molar-refractivity contribution is 0.403. The van der Waals surface area contributed by atoms with E-state index in [1.807, 2.05) is 12.1 Å². The molecule has 74 valence electrons. The van der Waals surface area contributed by atoms with Crippen molar-refractivity contribution in [3.8, 4) is 23.2 Å². The smallest absolute Gasteiger partial charge is 0.253 e. The monoisotopic (exact) mass is 217 g/mol. The molecule has 5 heteroatoms. The van der Waals surface area contributed by atoms with E-state index in [-0.39, 0.29) is 0 Å². The molecular formula is C10H7N3OS. The number of nitriles is 1. The van der Waals surface area contributed by atoms with Crippen molar-refractivity contribution in [1.82, 2.24) is 8.75 Å². The summed E-state index contributed by atoms with van der Waals surface area (Å²) in [6.45, 7) is 0. The van der Waals surface area contributed by atoms with E-state index in [9.17, 15) is 0 Å². The zero-order valence-corrected chi connectivity index (χ0v) is 8.78. The van der Waals surface area contributed by atoms with Gasteiger partial charge in [-0.05, 0) is 12.1 Å². The van der Waals surface area contributed by atoms with Gasteiger partial charge in [0.15, 0.2) is 0 Å². The summed E-state index contributed by atoms with van der Waals surface area (Å²) in [6, 6.07) is 9.21. The molecule has 0 unspecified atom stereocenters. The SMILES string of the molecule is COc1nsnc1-c1ccc(C#N)cc1. The van der Waals surface area contributed by atoms with Gasteiger partial charge in [-0.1, -0.05) is 12.1 Å². The maximum Gasteiger partial charge on any atom is 0.253 e. The van der Waals surface area contributed by atoms with Crippen molar-refractivity contribution in [2.45, 2.75) is 0 Å². The van der Waals surface area contributed by atoms with Crippen LogP contribution in [0, 0.1) is 11.3 Å². The fraction of sp³-hybridized carbons (Fsp3) is 0.100. The number of methoxy groups -OCH3 is 1. The summed E-state index contributed by atoms with van der Waals surface area (Å²) in [7, 11) is 1.56. The number of hydrogen-bond acceptors (Lipinski definition) is 5. The Bertz CT molecular complexity index is 498. The molecule has 0 bridgehead atoms. The van der Waals surface area contributed by atoms with Crippen molar-refractivity contribution in [3.63, 3.8) is 0 Å². The number of ether oxygens (including phenoxy) is 1. The molecule has 0 radical (unpaired) electrons.